The molecule has 1 atom stereocenters. The highest BCUT2D eigenvalue weighted by molar-refractivity contribution is 7.89. The van der Waals surface area contributed by atoms with Crippen LogP contribution in [0, 0.1) is 0 Å². The van der Waals surface area contributed by atoms with E-state index in [-0.39, 0.29) is 17.3 Å². The summed E-state index contributed by atoms with van der Waals surface area (Å²) in [6, 6.07) is 11.0. The summed E-state index contributed by atoms with van der Waals surface area (Å²) in [6.45, 7) is 1.75. The summed E-state index contributed by atoms with van der Waals surface area (Å²) in [5.74, 6) is 0. The van der Waals surface area contributed by atoms with Crippen molar-refractivity contribution in [1.82, 2.24) is 9.71 Å². The van der Waals surface area contributed by atoms with Crippen LogP contribution in [0.5, 0.6) is 0 Å². The summed E-state index contributed by atoms with van der Waals surface area (Å²) >= 11 is 5.74. The quantitative estimate of drug-likeness (QED) is 0.935. The van der Waals surface area contributed by atoms with Gasteiger partial charge in [-0.2, -0.15) is 0 Å². The third-order valence-electron chi connectivity index (χ3n) is 2.59. The van der Waals surface area contributed by atoms with Crippen LogP contribution < -0.4 is 4.72 Å². The minimum absolute atomic E-state index is 0. The normalized spacial score (nSPS) is 12.5. The van der Waals surface area contributed by atoms with Crippen molar-refractivity contribution in [3.05, 3.63) is 59.4 Å². The fraction of sp³-hybridized carbons (Fsp3) is 0.154. The van der Waals surface area contributed by atoms with E-state index in [9.17, 15) is 8.42 Å². The number of aromatic nitrogens is 1. The van der Waals surface area contributed by atoms with Gasteiger partial charge in [-0.15, -0.1) is 12.4 Å². The molecular weight excluding hydrogens is 319 g/mol. The van der Waals surface area contributed by atoms with Crippen LogP contribution in [-0.4, -0.2) is 13.4 Å². The average Bonchev–Trinajstić information content (AvgIpc) is 2.40. The lowest BCUT2D eigenvalue weighted by molar-refractivity contribution is 0.564. The van der Waals surface area contributed by atoms with Crippen molar-refractivity contribution in [3.8, 4) is 0 Å². The van der Waals surface area contributed by atoms with Crippen LogP contribution in [0.1, 0.15) is 18.7 Å². The molecule has 20 heavy (non-hydrogen) atoms. The van der Waals surface area contributed by atoms with Gasteiger partial charge in [-0.1, -0.05) is 17.7 Å². The Morgan fingerprint density at radius 3 is 2.35 bits per heavy atom. The molecule has 1 aromatic carbocycles. The maximum absolute atomic E-state index is 12.1. The predicted molar refractivity (Wildman–Crippen MR) is 81.7 cm³/mol. The number of pyridine rings is 1. The summed E-state index contributed by atoms with van der Waals surface area (Å²) in [5.41, 5.74) is 0.667. The molecular formula is C13H14Cl2N2O2S. The number of halogens is 2. The molecule has 7 heteroatoms. The summed E-state index contributed by atoms with van der Waals surface area (Å²) in [5, 5.41) is 0.497. The summed E-state index contributed by atoms with van der Waals surface area (Å²) in [4.78, 5) is 4.30. The van der Waals surface area contributed by atoms with Crippen molar-refractivity contribution in [2.45, 2.75) is 17.9 Å². The van der Waals surface area contributed by atoms with Crippen molar-refractivity contribution in [3.63, 3.8) is 0 Å². The number of nitrogens with one attached hydrogen (secondary N) is 1. The molecule has 1 aromatic heterocycles. The number of hydrogen-bond donors (Lipinski definition) is 1. The van der Waals surface area contributed by atoms with E-state index in [1.165, 1.54) is 12.1 Å². The van der Waals surface area contributed by atoms with E-state index in [1.807, 2.05) is 6.07 Å². The van der Waals surface area contributed by atoms with Crippen LogP contribution in [0.3, 0.4) is 0 Å². The molecule has 0 spiro atoms. The van der Waals surface area contributed by atoms with Crippen molar-refractivity contribution >= 4 is 34.0 Å². The van der Waals surface area contributed by atoms with E-state index < -0.39 is 16.1 Å². The Morgan fingerprint density at radius 1 is 1.15 bits per heavy atom. The van der Waals surface area contributed by atoms with E-state index in [1.54, 1.807) is 37.4 Å². The van der Waals surface area contributed by atoms with Gasteiger partial charge < -0.3 is 0 Å². The molecule has 0 aliphatic carbocycles. The second-order valence-corrected chi connectivity index (χ2v) is 6.20. The Morgan fingerprint density at radius 2 is 1.80 bits per heavy atom. The maximum Gasteiger partial charge on any atom is 0.241 e. The fourth-order valence-electron chi connectivity index (χ4n) is 1.61. The standard InChI is InChI=1S/C13H13ClN2O2S.ClH/c1-10(13-4-2-3-9-15-13)16-19(17,18)12-7-5-11(14)6-8-12;/h2-10,16H,1H3;1H. The van der Waals surface area contributed by atoms with Crippen molar-refractivity contribution in [2.24, 2.45) is 0 Å². The second-order valence-electron chi connectivity index (χ2n) is 4.05. The highest BCUT2D eigenvalue weighted by Crippen LogP contribution is 2.17. The zero-order chi connectivity index (χ0) is 13.9. The van der Waals surface area contributed by atoms with Crippen molar-refractivity contribution < 1.29 is 8.42 Å². The second kappa shape index (κ2) is 7.04. The highest BCUT2D eigenvalue weighted by atomic mass is 35.5. The Hall–Kier alpha value is -1.14. The first-order chi connectivity index (χ1) is 8.99. The maximum atomic E-state index is 12.1. The Bertz CT molecular complexity index is 646. The third-order valence-corrected chi connectivity index (χ3v) is 4.40. The van der Waals surface area contributed by atoms with Gasteiger partial charge in [0.2, 0.25) is 10.0 Å². The van der Waals surface area contributed by atoms with Gasteiger partial charge in [0.15, 0.2) is 0 Å². The summed E-state index contributed by atoms with van der Waals surface area (Å²) in [6.07, 6.45) is 1.63. The van der Waals surface area contributed by atoms with Crippen LogP contribution in [-0.2, 0) is 10.0 Å². The van der Waals surface area contributed by atoms with Crippen LogP contribution in [0.4, 0.5) is 0 Å². The molecule has 0 saturated carbocycles. The zero-order valence-corrected chi connectivity index (χ0v) is 13.0. The van der Waals surface area contributed by atoms with Gasteiger partial charge in [0, 0.05) is 11.2 Å². The van der Waals surface area contributed by atoms with Crippen LogP contribution in [0.2, 0.25) is 5.02 Å². The molecule has 1 N–H and O–H groups in total. The lowest BCUT2D eigenvalue weighted by atomic mass is 10.2. The number of sulfonamides is 1. The van der Waals surface area contributed by atoms with Crippen molar-refractivity contribution in [1.29, 1.82) is 0 Å². The molecule has 0 aliphatic heterocycles. The molecule has 1 heterocycles. The molecule has 2 aromatic rings. The van der Waals surface area contributed by atoms with E-state index in [0.717, 1.165) is 0 Å². The van der Waals surface area contributed by atoms with Gasteiger partial charge in [0.25, 0.3) is 0 Å². The average molecular weight is 333 g/mol. The van der Waals surface area contributed by atoms with Crippen LogP contribution >= 0.6 is 24.0 Å². The number of hydrogen-bond acceptors (Lipinski definition) is 3. The van der Waals surface area contributed by atoms with Crippen molar-refractivity contribution in [2.75, 3.05) is 0 Å². The monoisotopic (exact) mass is 332 g/mol. The largest absolute Gasteiger partial charge is 0.260 e. The van der Waals surface area contributed by atoms with Crippen LogP contribution in [0.25, 0.3) is 0 Å². The van der Waals surface area contributed by atoms with E-state index in [2.05, 4.69) is 9.71 Å². The third kappa shape index (κ3) is 4.18. The predicted octanol–water partition coefficient (Wildman–Crippen LogP) is 3.20. The van der Waals surface area contributed by atoms with Crippen LogP contribution in [0.15, 0.2) is 53.6 Å². The smallest absolute Gasteiger partial charge is 0.241 e. The van der Waals surface area contributed by atoms with Gasteiger partial charge >= 0.3 is 0 Å². The lowest BCUT2D eigenvalue weighted by Crippen LogP contribution is -2.27. The van der Waals surface area contributed by atoms with Gasteiger partial charge in [0.1, 0.15) is 0 Å². The topological polar surface area (TPSA) is 59.1 Å². The van der Waals surface area contributed by atoms with E-state index >= 15 is 0 Å². The minimum atomic E-state index is -3.57. The molecule has 0 fully saturated rings. The molecule has 0 radical (unpaired) electrons. The number of benzene rings is 1. The van der Waals surface area contributed by atoms with E-state index in [4.69, 9.17) is 11.6 Å². The molecule has 1 unspecified atom stereocenters. The first-order valence-electron chi connectivity index (χ1n) is 5.68. The minimum Gasteiger partial charge on any atom is -0.260 e. The first-order valence-corrected chi connectivity index (χ1v) is 7.54. The van der Waals surface area contributed by atoms with Gasteiger partial charge in [-0.3, -0.25) is 4.98 Å². The Balaban J connectivity index is 0.00000200. The molecule has 2 rings (SSSR count). The molecule has 0 amide bonds. The highest BCUT2D eigenvalue weighted by Gasteiger charge is 2.18. The molecule has 0 aliphatic rings. The van der Waals surface area contributed by atoms with Gasteiger partial charge in [-0.25, -0.2) is 13.1 Å². The molecule has 4 nitrogen and oxygen atoms in total. The van der Waals surface area contributed by atoms with Gasteiger partial charge in [0.05, 0.1) is 16.6 Å². The Labute approximate surface area is 129 Å². The lowest BCUT2D eigenvalue weighted by Gasteiger charge is -2.13. The Kier molecular flexibility index (Phi) is 5.95. The zero-order valence-electron chi connectivity index (χ0n) is 10.7. The molecule has 0 bridgehead atoms. The molecule has 0 saturated heterocycles. The summed E-state index contributed by atoms with van der Waals surface area (Å²) in [7, 11) is -3.57. The fourth-order valence-corrected chi connectivity index (χ4v) is 2.95. The first kappa shape index (κ1) is 16.9. The SMILES string of the molecule is CC(NS(=O)(=O)c1ccc(Cl)cc1)c1ccccn1.Cl. The number of nitrogens with zero attached hydrogens (tertiary/aromatic N) is 1. The van der Waals surface area contributed by atoms with Gasteiger partial charge in [-0.05, 0) is 43.3 Å². The number of rotatable bonds is 4. The molecule has 108 valence electrons. The summed E-state index contributed by atoms with van der Waals surface area (Å²) < 4.78 is 26.9. The van der Waals surface area contributed by atoms with E-state index in [0.29, 0.717) is 10.7 Å².